The van der Waals surface area contributed by atoms with Crippen LogP contribution in [0.3, 0.4) is 0 Å². The standard InChI is InChI=1S/C22H25N3O5/c1-2-28-17-9-7-16(8-10-17)25-13-15(11-21(25)26)24-22(27)23-12-18-14-29-19-5-3-4-6-20(19)30-18/h3-10,15,18H,2,11-14H2,1H3,(H2,23,24,27)/t15-,18-/m1/s1. The molecule has 2 aromatic rings. The number of urea groups is 1. The van der Waals surface area contributed by atoms with Gasteiger partial charge in [-0.2, -0.15) is 0 Å². The number of anilines is 1. The van der Waals surface area contributed by atoms with Crippen LogP contribution in [0.5, 0.6) is 17.2 Å². The van der Waals surface area contributed by atoms with Crippen molar-refractivity contribution in [3.8, 4) is 17.2 Å². The monoisotopic (exact) mass is 411 g/mol. The first-order valence-electron chi connectivity index (χ1n) is 10.1. The Hall–Kier alpha value is -3.42. The van der Waals surface area contributed by atoms with Crippen molar-refractivity contribution in [2.24, 2.45) is 0 Å². The Labute approximate surface area is 175 Å². The summed E-state index contributed by atoms with van der Waals surface area (Å²) in [6.07, 6.45) is -0.00644. The second-order valence-electron chi connectivity index (χ2n) is 7.18. The van der Waals surface area contributed by atoms with Gasteiger partial charge in [-0.25, -0.2) is 4.79 Å². The number of para-hydroxylation sites is 2. The molecular weight excluding hydrogens is 386 g/mol. The van der Waals surface area contributed by atoms with Crippen molar-refractivity contribution < 1.29 is 23.8 Å². The van der Waals surface area contributed by atoms with Gasteiger partial charge < -0.3 is 29.7 Å². The number of ether oxygens (including phenoxy) is 3. The average molecular weight is 411 g/mol. The van der Waals surface area contributed by atoms with Gasteiger partial charge in [0.2, 0.25) is 5.91 Å². The third kappa shape index (κ3) is 4.59. The first-order chi connectivity index (χ1) is 14.6. The van der Waals surface area contributed by atoms with Gasteiger partial charge in [0.05, 0.1) is 19.2 Å². The molecule has 3 amide bonds. The maximum atomic E-state index is 12.4. The number of nitrogens with one attached hydrogen (secondary N) is 2. The van der Waals surface area contributed by atoms with Crippen LogP contribution >= 0.6 is 0 Å². The van der Waals surface area contributed by atoms with Gasteiger partial charge in [0.15, 0.2) is 17.6 Å². The maximum absolute atomic E-state index is 12.4. The molecule has 0 saturated carbocycles. The molecule has 4 rings (SSSR count). The Balaban J connectivity index is 1.25. The molecule has 8 nitrogen and oxygen atoms in total. The van der Waals surface area contributed by atoms with E-state index >= 15 is 0 Å². The molecule has 1 saturated heterocycles. The van der Waals surface area contributed by atoms with Crippen LogP contribution in [0.15, 0.2) is 48.5 Å². The number of rotatable bonds is 6. The van der Waals surface area contributed by atoms with Gasteiger partial charge >= 0.3 is 6.03 Å². The maximum Gasteiger partial charge on any atom is 0.315 e. The molecule has 0 aliphatic carbocycles. The van der Waals surface area contributed by atoms with E-state index in [0.717, 1.165) is 11.4 Å². The number of hydrogen-bond donors (Lipinski definition) is 2. The van der Waals surface area contributed by atoms with E-state index in [1.807, 2.05) is 55.5 Å². The Kier molecular flexibility index (Phi) is 5.92. The Morgan fingerprint density at radius 2 is 1.93 bits per heavy atom. The highest BCUT2D eigenvalue weighted by Gasteiger charge is 2.32. The molecule has 0 spiro atoms. The lowest BCUT2D eigenvalue weighted by Crippen LogP contribution is -2.47. The minimum atomic E-state index is -0.330. The first kappa shape index (κ1) is 19.9. The molecule has 8 heteroatoms. The van der Waals surface area contributed by atoms with E-state index in [2.05, 4.69) is 10.6 Å². The molecule has 2 atom stereocenters. The number of hydrogen-bond acceptors (Lipinski definition) is 5. The fraction of sp³-hybridized carbons (Fsp3) is 0.364. The number of amides is 3. The van der Waals surface area contributed by atoms with Gasteiger partial charge in [0, 0.05) is 18.7 Å². The van der Waals surface area contributed by atoms with Gasteiger partial charge in [0.25, 0.3) is 0 Å². The Bertz CT molecular complexity index is 902. The lowest BCUT2D eigenvalue weighted by atomic mass is 10.2. The zero-order chi connectivity index (χ0) is 20.9. The van der Waals surface area contributed by atoms with Crippen LogP contribution in [0, 0.1) is 0 Å². The number of fused-ring (bicyclic) bond motifs is 1. The SMILES string of the molecule is CCOc1ccc(N2C[C@H](NC(=O)NC[C@@H]3COc4ccccc4O3)CC2=O)cc1. The zero-order valence-corrected chi connectivity index (χ0v) is 16.8. The van der Waals surface area contributed by atoms with Crippen LogP contribution in [0.25, 0.3) is 0 Å². The summed E-state index contributed by atoms with van der Waals surface area (Å²) in [7, 11) is 0. The number of nitrogens with zero attached hydrogens (tertiary/aromatic N) is 1. The summed E-state index contributed by atoms with van der Waals surface area (Å²) in [6, 6.07) is 14.2. The van der Waals surface area contributed by atoms with E-state index in [1.165, 1.54) is 0 Å². The van der Waals surface area contributed by atoms with E-state index in [-0.39, 0.29) is 30.5 Å². The molecule has 1 fully saturated rings. The lowest BCUT2D eigenvalue weighted by molar-refractivity contribution is -0.117. The van der Waals surface area contributed by atoms with Gasteiger partial charge in [-0.3, -0.25) is 4.79 Å². The molecule has 2 aliphatic rings. The van der Waals surface area contributed by atoms with Crippen LogP contribution in [-0.4, -0.2) is 50.4 Å². The summed E-state index contributed by atoms with van der Waals surface area (Å²) in [4.78, 5) is 26.4. The molecule has 0 unspecified atom stereocenters. The third-order valence-electron chi connectivity index (χ3n) is 4.98. The molecule has 30 heavy (non-hydrogen) atoms. The minimum absolute atomic E-state index is 0.0231. The topological polar surface area (TPSA) is 89.1 Å². The molecule has 2 aromatic carbocycles. The highest BCUT2D eigenvalue weighted by molar-refractivity contribution is 5.96. The number of benzene rings is 2. The van der Waals surface area contributed by atoms with Crippen molar-refractivity contribution in [1.82, 2.24) is 10.6 Å². The van der Waals surface area contributed by atoms with Crippen molar-refractivity contribution in [3.05, 3.63) is 48.5 Å². The molecule has 2 heterocycles. The Morgan fingerprint density at radius 1 is 1.17 bits per heavy atom. The van der Waals surface area contributed by atoms with Gasteiger partial charge in [-0.1, -0.05) is 12.1 Å². The predicted molar refractivity (Wildman–Crippen MR) is 111 cm³/mol. The van der Waals surface area contributed by atoms with E-state index < -0.39 is 0 Å². The van der Waals surface area contributed by atoms with Gasteiger partial charge in [-0.15, -0.1) is 0 Å². The molecule has 0 radical (unpaired) electrons. The van der Waals surface area contributed by atoms with Gasteiger partial charge in [-0.05, 0) is 43.3 Å². The molecule has 158 valence electrons. The summed E-state index contributed by atoms with van der Waals surface area (Å²) in [6.45, 7) is 3.62. The highest BCUT2D eigenvalue weighted by Crippen LogP contribution is 2.30. The van der Waals surface area contributed by atoms with E-state index in [1.54, 1.807) is 4.90 Å². The van der Waals surface area contributed by atoms with Crippen LogP contribution in [0.4, 0.5) is 10.5 Å². The normalized spacial score (nSPS) is 20.0. The fourth-order valence-electron chi connectivity index (χ4n) is 3.55. The minimum Gasteiger partial charge on any atom is -0.494 e. The van der Waals surface area contributed by atoms with E-state index in [9.17, 15) is 9.59 Å². The lowest BCUT2D eigenvalue weighted by Gasteiger charge is -2.26. The second kappa shape index (κ2) is 8.94. The summed E-state index contributed by atoms with van der Waals surface area (Å²) < 4.78 is 16.9. The molecule has 2 N–H and O–H groups in total. The summed E-state index contributed by atoms with van der Waals surface area (Å²) in [5, 5.41) is 5.67. The predicted octanol–water partition coefficient (Wildman–Crippen LogP) is 2.33. The van der Waals surface area contributed by atoms with Crippen molar-refractivity contribution in [3.63, 3.8) is 0 Å². The third-order valence-corrected chi connectivity index (χ3v) is 4.98. The second-order valence-corrected chi connectivity index (χ2v) is 7.18. The van der Waals surface area contributed by atoms with Crippen molar-refractivity contribution in [2.75, 3.05) is 31.2 Å². The van der Waals surface area contributed by atoms with Gasteiger partial charge in [0.1, 0.15) is 12.4 Å². The summed E-state index contributed by atoms with van der Waals surface area (Å²) in [5.74, 6) is 2.11. The largest absolute Gasteiger partial charge is 0.494 e. The zero-order valence-electron chi connectivity index (χ0n) is 16.8. The van der Waals surface area contributed by atoms with Crippen molar-refractivity contribution in [1.29, 1.82) is 0 Å². The van der Waals surface area contributed by atoms with Crippen LogP contribution in [-0.2, 0) is 4.79 Å². The smallest absolute Gasteiger partial charge is 0.315 e. The molecule has 0 bridgehead atoms. The number of carbonyl (C=O) groups excluding carboxylic acids is 2. The van der Waals surface area contributed by atoms with E-state index in [4.69, 9.17) is 14.2 Å². The molecule has 0 aromatic heterocycles. The fourth-order valence-corrected chi connectivity index (χ4v) is 3.55. The van der Waals surface area contributed by atoms with Crippen LogP contribution in [0.1, 0.15) is 13.3 Å². The summed E-state index contributed by atoms with van der Waals surface area (Å²) in [5.41, 5.74) is 0.791. The van der Waals surface area contributed by atoms with Crippen LogP contribution in [0.2, 0.25) is 0 Å². The quantitative estimate of drug-likeness (QED) is 0.762. The first-order valence-corrected chi connectivity index (χ1v) is 10.1. The highest BCUT2D eigenvalue weighted by atomic mass is 16.6. The molecular formula is C22H25N3O5. The van der Waals surface area contributed by atoms with Crippen molar-refractivity contribution >= 4 is 17.6 Å². The summed E-state index contributed by atoms with van der Waals surface area (Å²) >= 11 is 0. The average Bonchev–Trinajstić information content (AvgIpc) is 3.12. The molecule has 2 aliphatic heterocycles. The Morgan fingerprint density at radius 3 is 2.70 bits per heavy atom. The van der Waals surface area contributed by atoms with E-state index in [0.29, 0.717) is 37.8 Å². The van der Waals surface area contributed by atoms with Crippen molar-refractivity contribution in [2.45, 2.75) is 25.5 Å². The van der Waals surface area contributed by atoms with Crippen LogP contribution < -0.4 is 29.7 Å². The number of carbonyl (C=O) groups is 2.